The lowest BCUT2D eigenvalue weighted by molar-refractivity contribution is -0.145. The summed E-state index contributed by atoms with van der Waals surface area (Å²) in [6.45, 7) is 9.90. The van der Waals surface area contributed by atoms with Gasteiger partial charge in [-0.2, -0.15) is 26.3 Å². The summed E-state index contributed by atoms with van der Waals surface area (Å²) < 4.78 is 104. The van der Waals surface area contributed by atoms with Crippen LogP contribution >= 0.6 is 23.5 Å². The number of aryl methyl sites for hydroxylation is 4. The Morgan fingerprint density at radius 3 is 1.21 bits per heavy atom. The zero-order valence-corrected chi connectivity index (χ0v) is 40.9. The van der Waals surface area contributed by atoms with Crippen LogP contribution in [0.4, 0.5) is 26.3 Å². The monoisotopic (exact) mass is 1010 g/mol. The van der Waals surface area contributed by atoms with Crippen molar-refractivity contribution in [3.63, 3.8) is 0 Å². The van der Waals surface area contributed by atoms with Gasteiger partial charge in [0.15, 0.2) is 13.2 Å². The Morgan fingerprint density at radius 1 is 0.500 bits per heavy atom. The Kier molecular flexibility index (Phi) is 20.4. The molecule has 0 aliphatic rings. The summed E-state index contributed by atoms with van der Waals surface area (Å²) in [6, 6.07) is 33.1. The molecule has 70 heavy (non-hydrogen) atoms. The number of carbonyl (C=O) groups excluding carboxylic acids is 1. The summed E-state index contributed by atoms with van der Waals surface area (Å²) in [5.41, 5.74) is 3.78. The summed E-state index contributed by atoms with van der Waals surface area (Å²) in [5, 5.41) is 8.86. The summed E-state index contributed by atoms with van der Waals surface area (Å²) in [4.78, 5) is 26.5. The van der Waals surface area contributed by atoms with Crippen LogP contribution in [0.3, 0.4) is 0 Å². The maximum atomic E-state index is 12.7. The number of carboxylic acid groups (broad SMARTS) is 1. The lowest BCUT2D eigenvalue weighted by atomic mass is 10.1. The normalized spacial score (nSPS) is 11.3. The molecule has 0 saturated carbocycles. The molecule has 1 N–H and O–H groups in total. The topological polar surface area (TPSA) is 101 Å². The highest BCUT2D eigenvalue weighted by molar-refractivity contribution is 7.99. The van der Waals surface area contributed by atoms with Crippen LogP contribution in [0, 0.1) is 13.8 Å². The lowest BCUT2D eigenvalue weighted by Crippen LogP contribution is -2.15. The number of carbonyl (C=O) groups is 2. The highest BCUT2D eigenvalue weighted by atomic mass is 32.2. The predicted octanol–water partition coefficient (Wildman–Crippen LogP) is 14.8. The van der Waals surface area contributed by atoms with Gasteiger partial charge >= 0.3 is 24.3 Å². The second-order valence-corrected chi connectivity index (χ2v) is 18.1. The molecule has 0 bridgehead atoms. The third-order valence-electron chi connectivity index (χ3n) is 10.2. The van der Waals surface area contributed by atoms with E-state index in [0.29, 0.717) is 40.7 Å². The minimum atomic E-state index is -4.35. The van der Waals surface area contributed by atoms with E-state index < -0.39 is 35.4 Å². The van der Waals surface area contributed by atoms with Crippen molar-refractivity contribution >= 4 is 35.5 Å². The van der Waals surface area contributed by atoms with E-state index in [9.17, 15) is 35.9 Å². The van der Waals surface area contributed by atoms with Gasteiger partial charge in [0, 0.05) is 19.6 Å². The Morgan fingerprint density at radius 2 is 0.871 bits per heavy atom. The van der Waals surface area contributed by atoms with Gasteiger partial charge in [0.25, 0.3) is 0 Å². The molecule has 0 aliphatic heterocycles. The molecule has 0 aliphatic carbocycles. The van der Waals surface area contributed by atoms with Gasteiger partial charge in [-0.15, -0.1) is 0 Å². The third-order valence-corrected chi connectivity index (χ3v) is 12.2. The predicted molar refractivity (Wildman–Crippen MR) is 258 cm³/mol. The number of halogens is 6. The van der Waals surface area contributed by atoms with E-state index in [1.54, 1.807) is 36.5 Å². The highest BCUT2D eigenvalue weighted by Crippen LogP contribution is 2.37. The molecule has 372 valence electrons. The van der Waals surface area contributed by atoms with Crippen molar-refractivity contribution in [1.82, 2.24) is 0 Å². The van der Waals surface area contributed by atoms with Gasteiger partial charge in [0.05, 0.1) is 17.7 Å². The van der Waals surface area contributed by atoms with Crippen LogP contribution in [0.5, 0.6) is 23.0 Å². The molecule has 0 amide bonds. The summed E-state index contributed by atoms with van der Waals surface area (Å²) in [5.74, 6) is 1.18. The number of esters is 1. The van der Waals surface area contributed by atoms with Crippen LogP contribution in [-0.2, 0) is 52.7 Å². The number of hydrogen-bond acceptors (Lipinski definition) is 9. The second kappa shape index (κ2) is 26.1. The fourth-order valence-corrected chi connectivity index (χ4v) is 8.76. The minimum absolute atomic E-state index is 0.121. The average Bonchev–Trinajstić information content (AvgIpc) is 3.31. The van der Waals surface area contributed by atoms with E-state index in [-0.39, 0.29) is 26.4 Å². The van der Waals surface area contributed by atoms with E-state index >= 15 is 0 Å². The maximum Gasteiger partial charge on any atom is 0.416 e. The number of carboxylic acids is 1. The molecule has 8 nitrogen and oxygen atoms in total. The maximum absolute atomic E-state index is 12.7. The molecule has 0 atom stereocenters. The number of ether oxygens (including phenoxy) is 5. The van der Waals surface area contributed by atoms with E-state index in [1.165, 1.54) is 24.3 Å². The largest absolute Gasteiger partial charge is 0.489 e. The molecule has 0 heterocycles. The number of aliphatic carboxylic acids is 1. The van der Waals surface area contributed by atoms with Crippen molar-refractivity contribution in [1.29, 1.82) is 0 Å². The van der Waals surface area contributed by atoms with E-state index in [0.717, 1.165) is 91.8 Å². The Labute approximate surface area is 412 Å². The van der Waals surface area contributed by atoms with Crippen molar-refractivity contribution < 1.29 is 64.7 Å². The van der Waals surface area contributed by atoms with Crippen molar-refractivity contribution in [2.45, 2.75) is 105 Å². The summed E-state index contributed by atoms with van der Waals surface area (Å²) in [7, 11) is 0. The van der Waals surface area contributed by atoms with Gasteiger partial charge < -0.3 is 28.8 Å². The smallest absolute Gasteiger partial charge is 0.416 e. The quantitative estimate of drug-likeness (QED) is 0.0554. The van der Waals surface area contributed by atoms with Gasteiger partial charge in [-0.05, 0) is 164 Å². The molecule has 6 aromatic carbocycles. The standard InChI is InChI=1S/C28H29F3O4S.C26H25F3O4S/c1-4-6-21-16-24(12-14-26(21)35-18-27(32)33-5-2)36-23-11-13-25(19(3)15-23)34-17-20-7-9-22(10-8-20)28(29,30)31;1-3-4-19-14-22(10-12-24(19)33-16-25(30)31)34-21-9-11-23(17(2)13-21)32-15-18-5-7-20(8-6-18)26(27,28)29/h7-16H,4-6,17-18H2,1-3H3;5-14H,3-4,15-16H2,1-2H3,(H,30,31). The lowest BCUT2D eigenvalue weighted by Gasteiger charge is -2.14. The zero-order chi connectivity index (χ0) is 50.8. The fourth-order valence-electron chi connectivity index (χ4n) is 6.80. The number of hydrogen-bond donors (Lipinski definition) is 1. The molecule has 6 rings (SSSR count). The zero-order valence-electron chi connectivity index (χ0n) is 39.3. The van der Waals surface area contributed by atoms with Gasteiger partial charge in [-0.3, -0.25) is 0 Å². The molecular weight excluding hydrogens is 955 g/mol. The van der Waals surface area contributed by atoms with Crippen molar-refractivity contribution in [2.75, 3.05) is 19.8 Å². The van der Waals surface area contributed by atoms with Crippen LogP contribution in [0.2, 0.25) is 0 Å². The first kappa shape index (κ1) is 54.7. The molecule has 0 radical (unpaired) electrons. The van der Waals surface area contributed by atoms with Crippen LogP contribution in [0.1, 0.15) is 78.1 Å². The molecule has 6 aromatic rings. The van der Waals surface area contributed by atoms with Crippen LogP contribution in [0.15, 0.2) is 141 Å². The summed E-state index contributed by atoms with van der Waals surface area (Å²) in [6.07, 6.45) is -5.26. The molecule has 0 aromatic heterocycles. The Hall–Kier alpha value is -6.26. The van der Waals surface area contributed by atoms with Gasteiger partial charge in [-0.25, -0.2) is 9.59 Å². The van der Waals surface area contributed by atoms with E-state index in [1.807, 2.05) is 81.4 Å². The number of benzene rings is 6. The first-order chi connectivity index (χ1) is 33.3. The SMILES string of the molecule is CCCc1cc(Sc2ccc(OCc3ccc(C(F)(F)F)cc3)c(C)c2)ccc1OCC(=O)O.CCCc1cc(Sc2ccc(OCc3ccc(C(F)(F)F)cc3)c(C)c2)ccc1OCC(=O)OCC. The molecule has 16 heteroatoms. The first-order valence-corrected chi connectivity index (χ1v) is 24.0. The van der Waals surface area contributed by atoms with Crippen LogP contribution in [-0.4, -0.2) is 36.9 Å². The molecular formula is C54H54F6O8S2. The molecule has 0 fully saturated rings. The second-order valence-electron chi connectivity index (χ2n) is 15.8. The summed E-state index contributed by atoms with van der Waals surface area (Å²) >= 11 is 3.17. The average molecular weight is 1010 g/mol. The number of alkyl halides is 6. The van der Waals surface area contributed by atoms with Gasteiger partial charge in [0.1, 0.15) is 36.2 Å². The van der Waals surface area contributed by atoms with Crippen molar-refractivity contribution in [3.05, 3.63) is 166 Å². The first-order valence-electron chi connectivity index (χ1n) is 22.4. The molecule has 0 unspecified atom stereocenters. The van der Waals surface area contributed by atoms with Crippen LogP contribution in [0.25, 0.3) is 0 Å². The molecule has 0 saturated heterocycles. The number of rotatable bonds is 21. The highest BCUT2D eigenvalue weighted by Gasteiger charge is 2.31. The van der Waals surface area contributed by atoms with Crippen LogP contribution < -0.4 is 18.9 Å². The van der Waals surface area contributed by atoms with E-state index in [2.05, 4.69) is 13.0 Å². The minimum Gasteiger partial charge on any atom is -0.489 e. The fraction of sp³-hybridized carbons (Fsp3) is 0.296. The Bertz CT molecular complexity index is 2650. The third kappa shape index (κ3) is 17.3. The van der Waals surface area contributed by atoms with Gasteiger partial charge in [-0.1, -0.05) is 74.5 Å². The van der Waals surface area contributed by atoms with Crippen molar-refractivity contribution in [3.8, 4) is 23.0 Å². The van der Waals surface area contributed by atoms with Gasteiger partial charge in [0.2, 0.25) is 0 Å². The Balaban J connectivity index is 0.000000261. The van der Waals surface area contributed by atoms with Crippen molar-refractivity contribution in [2.24, 2.45) is 0 Å². The molecule has 0 spiro atoms. The van der Waals surface area contributed by atoms with E-state index in [4.69, 9.17) is 28.8 Å².